The molecule has 3 aliphatic heterocycles. The minimum Gasteiger partial charge on any atom is -0.347 e. The van der Waals surface area contributed by atoms with Gasteiger partial charge in [0, 0.05) is 39.8 Å². The monoisotopic (exact) mass is 430 g/mol. The summed E-state index contributed by atoms with van der Waals surface area (Å²) in [7, 11) is 3.48. The fraction of sp³-hybridized carbons (Fsp3) is 0.600. The molecule has 3 saturated heterocycles. The van der Waals surface area contributed by atoms with Gasteiger partial charge < -0.3 is 15.5 Å². The van der Waals surface area contributed by atoms with Crippen LogP contribution in [0.4, 0.5) is 0 Å². The van der Waals surface area contributed by atoms with E-state index in [0.29, 0.717) is 6.54 Å². The standard InChI is InChI=1S/C20H30N4O2.2ClH/c1-22(2)19(25)14-24-18-7-6-17(20(24)26)12-23(13-18)11-16-5-3-4-15(10-16)8-9-21;;/h3-5,10,17-18H,6-9,11-14,21H2,1-2H3;2*1H/t17-,18+;;/m0../s1. The van der Waals surface area contributed by atoms with Crippen LogP contribution in [0, 0.1) is 5.92 Å². The van der Waals surface area contributed by atoms with E-state index in [2.05, 4.69) is 29.2 Å². The van der Waals surface area contributed by atoms with Gasteiger partial charge in [-0.3, -0.25) is 14.5 Å². The first kappa shape index (κ1) is 24.7. The number of nitrogens with zero attached hydrogens (tertiary/aromatic N) is 3. The first-order valence-corrected chi connectivity index (χ1v) is 9.48. The molecule has 1 aromatic carbocycles. The van der Waals surface area contributed by atoms with Crippen molar-refractivity contribution in [2.24, 2.45) is 11.7 Å². The van der Waals surface area contributed by atoms with Crippen molar-refractivity contribution in [1.29, 1.82) is 0 Å². The van der Waals surface area contributed by atoms with Gasteiger partial charge in [-0.2, -0.15) is 0 Å². The summed E-state index contributed by atoms with van der Waals surface area (Å²) in [6.07, 6.45) is 2.80. The molecule has 3 aliphatic rings. The number of carbonyl (C=O) groups is 2. The highest BCUT2D eigenvalue weighted by Crippen LogP contribution is 2.30. The van der Waals surface area contributed by atoms with Crippen molar-refractivity contribution in [3.05, 3.63) is 35.4 Å². The van der Waals surface area contributed by atoms with Gasteiger partial charge in [0.05, 0.1) is 5.92 Å². The Morgan fingerprint density at radius 1 is 1.18 bits per heavy atom. The lowest BCUT2D eigenvalue weighted by Crippen LogP contribution is -2.51. The number of rotatable bonds is 6. The van der Waals surface area contributed by atoms with Crippen LogP contribution in [-0.4, -0.2) is 72.8 Å². The third kappa shape index (κ3) is 5.83. The molecule has 0 radical (unpaired) electrons. The highest BCUT2D eigenvalue weighted by Gasteiger charge is 2.41. The molecule has 1 aromatic rings. The third-order valence-electron chi connectivity index (χ3n) is 5.50. The molecule has 0 unspecified atom stereocenters. The molecule has 0 spiro atoms. The topological polar surface area (TPSA) is 69.9 Å². The Hall–Kier alpha value is -1.34. The molecule has 158 valence electrons. The fourth-order valence-electron chi connectivity index (χ4n) is 4.06. The molecular weight excluding hydrogens is 399 g/mol. The number of fused-ring (bicyclic) bond motifs is 4. The van der Waals surface area contributed by atoms with Crippen molar-refractivity contribution in [1.82, 2.24) is 14.7 Å². The minimum atomic E-state index is -0.00747. The van der Waals surface area contributed by atoms with Gasteiger partial charge in [-0.25, -0.2) is 0 Å². The van der Waals surface area contributed by atoms with Crippen LogP contribution in [-0.2, 0) is 22.6 Å². The summed E-state index contributed by atoms with van der Waals surface area (Å²) < 4.78 is 0. The van der Waals surface area contributed by atoms with E-state index in [9.17, 15) is 9.59 Å². The zero-order valence-electron chi connectivity index (χ0n) is 16.7. The number of hydrogen-bond acceptors (Lipinski definition) is 4. The molecule has 2 N–H and O–H groups in total. The Morgan fingerprint density at radius 3 is 2.57 bits per heavy atom. The minimum absolute atomic E-state index is 0. The number of nitrogens with two attached hydrogens (primary N) is 1. The van der Waals surface area contributed by atoms with Crippen LogP contribution in [0.15, 0.2) is 24.3 Å². The summed E-state index contributed by atoms with van der Waals surface area (Å²) >= 11 is 0. The van der Waals surface area contributed by atoms with Crippen LogP contribution in [0.3, 0.4) is 0 Å². The van der Waals surface area contributed by atoms with E-state index in [1.807, 2.05) is 4.90 Å². The van der Waals surface area contributed by atoms with Crippen LogP contribution in [0.25, 0.3) is 0 Å². The summed E-state index contributed by atoms with van der Waals surface area (Å²) in [4.78, 5) is 30.7. The maximum Gasteiger partial charge on any atom is 0.241 e. The molecule has 2 atom stereocenters. The van der Waals surface area contributed by atoms with Crippen LogP contribution < -0.4 is 5.73 Å². The Balaban J connectivity index is 0.00000196. The quantitative estimate of drug-likeness (QED) is 0.742. The highest BCUT2D eigenvalue weighted by molar-refractivity contribution is 5.87. The first-order valence-electron chi connectivity index (χ1n) is 9.48. The maximum absolute atomic E-state index is 12.8. The number of hydrogen-bond donors (Lipinski definition) is 1. The van der Waals surface area contributed by atoms with E-state index >= 15 is 0 Å². The molecule has 0 aliphatic carbocycles. The van der Waals surface area contributed by atoms with Gasteiger partial charge in [0.1, 0.15) is 6.54 Å². The second-order valence-electron chi connectivity index (χ2n) is 7.74. The van der Waals surface area contributed by atoms with Gasteiger partial charge in [-0.1, -0.05) is 24.3 Å². The molecule has 4 rings (SSSR count). The zero-order valence-corrected chi connectivity index (χ0v) is 18.3. The number of likely N-dealkylation sites (N-methyl/N-ethyl adjacent to an activating group) is 1. The predicted octanol–water partition coefficient (Wildman–Crippen LogP) is 1.54. The molecule has 2 amide bonds. The second kappa shape index (κ2) is 11.0. The SMILES string of the molecule is CN(C)C(=O)CN1C(=O)[C@H]2CC[C@@H]1CN(Cc1cccc(CCN)c1)C2.Cl.Cl. The average molecular weight is 431 g/mol. The van der Waals surface area contributed by atoms with E-state index in [4.69, 9.17) is 5.73 Å². The number of carbonyl (C=O) groups excluding carboxylic acids is 2. The average Bonchev–Trinajstić information content (AvgIpc) is 2.87. The van der Waals surface area contributed by atoms with E-state index in [0.717, 1.165) is 38.9 Å². The zero-order chi connectivity index (χ0) is 18.7. The van der Waals surface area contributed by atoms with E-state index in [-0.39, 0.29) is 55.1 Å². The summed E-state index contributed by atoms with van der Waals surface area (Å²) in [6, 6.07) is 8.69. The lowest BCUT2D eigenvalue weighted by molar-refractivity contribution is -0.145. The summed E-state index contributed by atoms with van der Waals surface area (Å²) in [5.74, 6) is 0.152. The van der Waals surface area contributed by atoms with Crippen LogP contribution in [0.1, 0.15) is 24.0 Å². The number of amides is 2. The lowest BCUT2D eigenvalue weighted by atomic mass is 9.94. The van der Waals surface area contributed by atoms with Crippen molar-refractivity contribution in [3.8, 4) is 0 Å². The number of halogens is 2. The molecule has 28 heavy (non-hydrogen) atoms. The van der Waals surface area contributed by atoms with Gasteiger partial charge in [0.2, 0.25) is 11.8 Å². The van der Waals surface area contributed by atoms with Gasteiger partial charge >= 0.3 is 0 Å². The Kier molecular flexibility index (Phi) is 9.70. The predicted molar refractivity (Wildman–Crippen MR) is 116 cm³/mol. The molecule has 0 saturated carbocycles. The number of piperidine rings is 1. The van der Waals surface area contributed by atoms with E-state index < -0.39 is 0 Å². The van der Waals surface area contributed by atoms with Gasteiger partial charge in [-0.15, -0.1) is 24.8 Å². The molecule has 8 heteroatoms. The number of benzene rings is 1. The largest absolute Gasteiger partial charge is 0.347 e. The van der Waals surface area contributed by atoms with E-state index in [1.54, 1.807) is 19.0 Å². The molecule has 3 heterocycles. The van der Waals surface area contributed by atoms with E-state index in [1.165, 1.54) is 11.1 Å². The van der Waals surface area contributed by atoms with Crippen molar-refractivity contribution < 1.29 is 9.59 Å². The van der Waals surface area contributed by atoms with Crippen molar-refractivity contribution in [2.45, 2.75) is 31.8 Å². The summed E-state index contributed by atoms with van der Waals surface area (Å²) in [6.45, 7) is 3.31. The fourth-order valence-corrected chi connectivity index (χ4v) is 4.06. The maximum atomic E-state index is 12.8. The normalized spacial score (nSPS) is 21.5. The van der Waals surface area contributed by atoms with Crippen LogP contribution in [0.2, 0.25) is 0 Å². The van der Waals surface area contributed by atoms with Crippen LogP contribution >= 0.6 is 24.8 Å². The van der Waals surface area contributed by atoms with Gasteiger partial charge in [-0.05, 0) is 36.9 Å². The van der Waals surface area contributed by atoms with Gasteiger partial charge in [0.25, 0.3) is 0 Å². The lowest BCUT2D eigenvalue weighted by Gasteiger charge is -2.36. The molecule has 3 fully saturated rings. The summed E-state index contributed by atoms with van der Waals surface area (Å²) in [5.41, 5.74) is 8.19. The Bertz CT molecular complexity index is 671. The van der Waals surface area contributed by atoms with Crippen molar-refractivity contribution in [3.63, 3.8) is 0 Å². The second-order valence-corrected chi connectivity index (χ2v) is 7.74. The smallest absolute Gasteiger partial charge is 0.241 e. The molecular formula is C20H32Cl2N4O2. The Morgan fingerprint density at radius 2 is 1.89 bits per heavy atom. The molecule has 6 nitrogen and oxygen atoms in total. The van der Waals surface area contributed by atoms with Crippen molar-refractivity contribution >= 4 is 36.6 Å². The van der Waals surface area contributed by atoms with Crippen molar-refractivity contribution in [2.75, 3.05) is 40.3 Å². The molecule has 2 bridgehead atoms. The van der Waals surface area contributed by atoms with Crippen LogP contribution in [0.5, 0.6) is 0 Å². The molecule has 0 aromatic heterocycles. The van der Waals surface area contributed by atoms with Gasteiger partial charge in [0.15, 0.2) is 0 Å². The summed E-state index contributed by atoms with van der Waals surface area (Å²) in [5, 5.41) is 0. The highest BCUT2D eigenvalue weighted by atomic mass is 35.5. The Labute approximate surface area is 180 Å². The third-order valence-corrected chi connectivity index (χ3v) is 5.50. The first-order chi connectivity index (χ1) is 12.5.